The molecule has 0 bridgehead atoms. The highest BCUT2D eigenvalue weighted by molar-refractivity contribution is 5.69. The van der Waals surface area contributed by atoms with Crippen LogP contribution in [0.3, 0.4) is 0 Å². The van der Waals surface area contributed by atoms with Gasteiger partial charge in [0.1, 0.15) is 11.5 Å². The summed E-state index contributed by atoms with van der Waals surface area (Å²) in [6.07, 6.45) is -1.36. The lowest BCUT2D eigenvalue weighted by Crippen LogP contribution is -2.33. The minimum Gasteiger partial charge on any atom is -0.497 e. The molecule has 0 amide bonds. The SMILES string of the molecule is COc1cc(OC)cc(-c2nn(-c3cc(N4CCCC4CO)ccc3C(F)(F)F)c(=O)c3c2CCC3)c1. The van der Waals surface area contributed by atoms with E-state index >= 15 is 0 Å². The zero-order valence-electron chi connectivity index (χ0n) is 20.6. The monoisotopic (exact) mass is 515 g/mol. The van der Waals surface area contributed by atoms with E-state index in [0.717, 1.165) is 29.2 Å². The van der Waals surface area contributed by atoms with E-state index in [-0.39, 0.29) is 18.3 Å². The van der Waals surface area contributed by atoms with Crippen molar-refractivity contribution in [2.45, 2.75) is 44.3 Å². The molecule has 0 spiro atoms. The van der Waals surface area contributed by atoms with E-state index in [2.05, 4.69) is 5.10 Å². The number of benzene rings is 2. The van der Waals surface area contributed by atoms with Crippen LogP contribution in [0.15, 0.2) is 41.2 Å². The molecule has 0 saturated carbocycles. The first-order valence-electron chi connectivity index (χ1n) is 12.2. The Morgan fingerprint density at radius 2 is 1.73 bits per heavy atom. The molecule has 7 nitrogen and oxygen atoms in total. The zero-order chi connectivity index (χ0) is 26.3. The molecule has 1 N–H and O–H groups in total. The molecule has 0 radical (unpaired) electrons. The number of halogens is 3. The Bertz CT molecular complexity index is 1360. The number of hydrogen-bond acceptors (Lipinski definition) is 6. The van der Waals surface area contributed by atoms with E-state index in [1.807, 2.05) is 4.90 Å². The van der Waals surface area contributed by atoms with Crippen LogP contribution < -0.4 is 19.9 Å². The molecule has 196 valence electrons. The predicted octanol–water partition coefficient (Wildman–Crippen LogP) is 4.39. The first kappa shape index (κ1) is 25.1. The van der Waals surface area contributed by atoms with Crippen molar-refractivity contribution in [3.63, 3.8) is 0 Å². The molecule has 37 heavy (non-hydrogen) atoms. The molecule has 2 aliphatic rings. The Labute approximate surface area is 212 Å². The maximum Gasteiger partial charge on any atom is 0.418 e. The zero-order valence-corrected chi connectivity index (χ0v) is 20.6. The number of alkyl halides is 3. The molecule has 1 aliphatic carbocycles. The lowest BCUT2D eigenvalue weighted by Gasteiger charge is -2.27. The molecule has 2 heterocycles. The molecule has 1 aromatic heterocycles. The Morgan fingerprint density at radius 3 is 2.38 bits per heavy atom. The van der Waals surface area contributed by atoms with Gasteiger partial charge < -0.3 is 19.5 Å². The summed E-state index contributed by atoms with van der Waals surface area (Å²) in [5.74, 6) is 1.01. The number of aliphatic hydroxyl groups is 1. The summed E-state index contributed by atoms with van der Waals surface area (Å²) in [6.45, 7) is 0.507. The summed E-state index contributed by atoms with van der Waals surface area (Å²) in [7, 11) is 3.02. The number of ether oxygens (including phenoxy) is 2. The minimum absolute atomic E-state index is 0.102. The highest BCUT2D eigenvalue weighted by Crippen LogP contribution is 2.38. The first-order chi connectivity index (χ1) is 17.7. The molecule has 1 atom stereocenters. The van der Waals surface area contributed by atoms with Crippen molar-refractivity contribution >= 4 is 5.69 Å². The molecule has 1 saturated heterocycles. The fraction of sp³-hybridized carbons (Fsp3) is 0.407. The molecule has 10 heteroatoms. The van der Waals surface area contributed by atoms with Gasteiger partial charge in [-0.3, -0.25) is 4.79 Å². The van der Waals surface area contributed by atoms with Crippen LogP contribution in [0, 0.1) is 0 Å². The lowest BCUT2D eigenvalue weighted by atomic mass is 10.0. The van der Waals surface area contributed by atoms with Gasteiger partial charge in [0.05, 0.1) is 43.8 Å². The van der Waals surface area contributed by atoms with Crippen molar-refractivity contribution in [3.05, 3.63) is 63.4 Å². The Morgan fingerprint density at radius 1 is 1.03 bits per heavy atom. The topological polar surface area (TPSA) is 76.8 Å². The molecular weight excluding hydrogens is 487 g/mol. The van der Waals surface area contributed by atoms with Crippen LogP contribution in [0.4, 0.5) is 18.9 Å². The van der Waals surface area contributed by atoms with Crippen LogP contribution >= 0.6 is 0 Å². The Balaban J connectivity index is 1.76. The normalized spacial score (nSPS) is 17.2. The van der Waals surface area contributed by atoms with Gasteiger partial charge in [0.25, 0.3) is 5.56 Å². The summed E-state index contributed by atoms with van der Waals surface area (Å²) < 4.78 is 54.2. The first-order valence-corrected chi connectivity index (χ1v) is 12.2. The van der Waals surface area contributed by atoms with Gasteiger partial charge in [0, 0.05) is 29.4 Å². The van der Waals surface area contributed by atoms with Gasteiger partial charge in [-0.2, -0.15) is 23.0 Å². The van der Waals surface area contributed by atoms with Crippen LogP contribution in [0.2, 0.25) is 0 Å². The molecule has 2 aromatic carbocycles. The quantitative estimate of drug-likeness (QED) is 0.525. The fourth-order valence-electron chi connectivity index (χ4n) is 5.39. The number of fused-ring (bicyclic) bond motifs is 1. The summed E-state index contributed by atoms with van der Waals surface area (Å²) in [5, 5.41) is 14.3. The van der Waals surface area contributed by atoms with E-state index in [4.69, 9.17) is 9.47 Å². The van der Waals surface area contributed by atoms with Gasteiger partial charge in [-0.25, -0.2) is 0 Å². The fourth-order valence-corrected chi connectivity index (χ4v) is 5.39. The highest BCUT2D eigenvalue weighted by Gasteiger charge is 2.36. The minimum atomic E-state index is -4.70. The van der Waals surface area contributed by atoms with Crippen LogP contribution in [0.1, 0.15) is 36.0 Å². The number of nitrogens with zero attached hydrogens (tertiary/aromatic N) is 3. The lowest BCUT2D eigenvalue weighted by molar-refractivity contribution is -0.137. The third kappa shape index (κ3) is 4.54. The third-order valence-electron chi connectivity index (χ3n) is 7.21. The Kier molecular flexibility index (Phi) is 6.61. The number of rotatable bonds is 6. The molecule has 1 fully saturated rings. The maximum atomic E-state index is 14.2. The second-order valence-electron chi connectivity index (χ2n) is 9.35. The van der Waals surface area contributed by atoms with Gasteiger partial charge >= 0.3 is 6.18 Å². The molecule has 1 unspecified atom stereocenters. The molecule has 5 rings (SSSR count). The van der Waals surface area contributed by atoms with Crippen molar-refractivity contribution in [1.29, 1.82) is 0 Å². The van der Waals surface area contributed by atoms with E-state index < -0.39 is 17.3 Å². The van der Waals surface area contributed by atoms with Crippen LogP contribution in [0.25, 0.3) is 16.9 Å². The average molecular weight is 516 g/mol. The van der Waals surface area contributed by atoms with Gasteiger partial charge in [0.15, 0.2) is 0 Å². The summed E-state index contributed by atoms with van der Waals surface area (Å²) in [4.78, 5) is 15.4. The Hall–Kier alpha value is -3.53. The van der Waals surface area contributed by atoms with E-state index in [1.165, 1.54) is 26.4 Å². The number of methoxy groups -OCH3 is 2. The largest absolute Gasteiger partial charge is 0.497 e. The van der Waals surface area contributed by atoms with Gasteiger partial charge in [-0.1, -0.05) is 0 Å². The van der Waals surface area contributed by atoms with Crippen molar-refractivity contribution in [3.8, 4) is 28.4 Å². The third-order valence-corrected chi connectivity index (χ3v) is 7.21. The molecular formula is C27H28F3N3O4. The smallest absolute Gasteiger partial charge is 0.418 e. The molecule has 3 aromatic rings. The second kappa shape index (κ2) is 9.74. The van der Waals surface area contributed by atoms with Crippen molar-refractivity contribution in [2.24, 2.45) is 0 Å². The van der Waals surface area contributed by atoms with Crippen LogP contribution in [0.5, 0.6) is 11.5 Å². The van der Waals surface area contributed by atoms with Crippen molar-refractivity contribution < 1.29 is 27.8 Å². The number of hydrogen-bond donors (Lipinski definition) is 1. The van der Waals surface area contributed by atoms with E-state index in [0.29, 0.717) is 59.8 Å². The van der Waals surface area contributed by atoms with Gasteiger partial charge in [0.2, 0.25) is 0 Å². The summed E-state index contributed by atoms with van der Waals surface area (Å²) >= 11 is 0. The predicted molar refractivity (Wildman–Crippen MR) is 133 cm³/mol. The summed E-state index contributed by atoms with van der Waals surface area (Å²) in [5.41, 5.74) is 0.917. The van der Waals surface area contributed by atoms with E-state index in [9.17, 15) is 23.1 Å². The van der Waals surface area contributed by atoms with Crippen molar-refractivity contribution in [1.82, 2.24) is 9.78 Å². The molecule has 1 aliphatic heterocycles. The van der Waals surface area contributed by atoms with Gasteiger partial charge in [-0.15, -0.1) is 0 Å². The number of anilines is 1. The van der Waals surface area contributed by atoms with Crippen LogP contribution in [-0.4, -0.2) is 48.3 Å². The van der Waals surface area contributed by atoms with Crippen molar-refractivity contribution in [2.75, 3.05) is 32.3 Å². The second-order valence-corrected chi connectivity index (χ2v) is 9.35. The van der Waals surface area contributed by atoms with Gasteiger partial charge in [-0.05, 0) is 68.0 Å². The highest BCUT2D eigenvalue weighted by atomic mass is 19.4. The maximum absolute atomic E-state index is 14.2. The number of aromatic nitrogens is 2. The average Bonchev–Trinajstić information content (AvgIpc) is 3.58. The van der Waals surface area contributed by atoms with Crippen LogP contribution in [-0.2, 0) is 19.0 Å². The summed E-state index contributed by atoms with van der Waals surface area (Å²) in [6, 6.07) is 8.72. The number of aliphatic hydroxyl groups excluding tert-OH is 1. The standard InChI is InChI=1S/C27H28F3N3O4/c1-36-19-11-16(12-20(14-19)37-2)25-21-6-3-7-22(21)26(35)33(31-25)24-13-17(8-9-23(24)27(28,29)30)32-10-4-5-18(32)15-34/h8-9,11-14,18,34H,3-7,10,15H2,1-2H3. The van der Waals surface area contributed by atoms with E-state index in [1.54, 1.807) is 18.2 Å².